The van der Waals surface area contributed by atoms with Crippen LogP contribution in [0.15, 0.2) is 43.0 Å². The highest BCUT2D eigenvalue weighted by atomic mass is 15.1. The van der Waals surface area contributed by atoms with Gasteiger partial charge in [-0.25, -0.2) is 15.0 Å². The molecule has 5 heteroatoms. The van der Waals surface area contributed by atoms with E-state index in [2.05, 4.69) is 37.4 Å². The Morgan fingerprint density at radius 1 is 1.05 bits per heavy atom. The Labute approximate surface area is 112 Å². The van der Waals surface area contributed by atoms with Crippen LogP contribution in [0.25, 0.3) is 11.2 Å². The first-order valence-electron chi connectivity index (χ1n) is 6.35. The minimum atomic E-state index is 0.676. The van der Waals surface area contributed by atoms with Gasteiger partial charge < -0.3 is 10.3 Å². The summed E-state index contributed by atoms with van der Waals surface area (Å²) in [6, 6.07) is 10.2. The number of aromatic amines is 1. The van der Waals surface area contributed by atoms with Crippen molar-refractivity contribution in [2.45, 2.75) is 20.4 Å². The second kappa shape index (κ2) is 6.49. The van der Waals surface area contributed by atoms with Gasteiger partial charge in [0, 0.05) is 6.54 Å². The summed E-state index contributed by atoms with van der Waals surface area (Å²) in [6.45, 7) is 4.73. The number of hydrogen-bond acceptors (Lipinski definition) is 4. The Morgan fingerprint density at radius 2 is 1.84 bits per heavy atom. The van der Waals surface area contributed by atoms with Crippen molar-refractivity contribution in [1.29, 1.82) is 0 Å². The zero-order valence-electron chi connectivity index (χ0n) is 11.1. The lowest BCUT2D eigenvalue weighted by atomic mass is 10.2. The Morgan fingerprint density at radius 3 is 2.63 bits per heavy atom. The molecule has 0 fully saturated rings. The van der Waals surface area contributed by atoms with Crippen LogP contribution in [0.1, 0.15) is 19.4 Å². The maximum atomic E-state index is 4.20. The SMILES string of the molecule is CC.c1ccc(CNc2ncnc3nc[nH]c23)cc1. The van der Waals surface area contributed by atoms with Crippen LogP contribution in [0.4, 0.5) is 5.82 Å². The van der Waals surface area contributed by atoms with E-state index >= 15 is 0 Å². The molecule has 3 aromatic rings. The quantitative estimate of drug-likeness (QED) is 0.755. The van der Waals surface area contributed by atoms with Gasteiger partial charge in [0.25, 0.3) is 0 Å². The number of H-pyrrole nitrogens is 1. The van der Waals surface area contributed by atoms with E-state index in [-0.39, 0.29) is 0 Å². The summed E-state index contributed by atoms with van der Waals surface area (Å²) in [4.78, 5) is 15.4. The fourth-order valence-corrected chi connectivity index (χ4v) is 1.68. The second-order valence-electron chi connectivity index (χ2n) is 3.66. The molecule has 0 bridgehead atoms. The molecule has 2 N–H and O–H groups in total. The van der Waals surface area contributed by atoms with Gasteiger partial charge in [-0.15, -0.1) is 0 Å². The Balaban J connectivity index is 0.000000637. The molecule has 0 unspecified atom stereocenters. The smallest absolute Gasteiger partial charge is 0.182 e. The van der Waals surface area contributed by atoms with Gasteiger partial charge in [-0.1, -0.05) is 44.2 Å². The zero-order chi connectivity index (χ0) is 13.5. The number of imidazole rings is 1. The molecule has 2 heterocycles. The maximum absolute atomic E-state index is 4.20. The molecule has 3 rings (SSSR count). The molecule has 0 aliphatic heterocycles. The minimum absolute atomic E-state index is 0.676. The summed E-state index contributed by atoms with van der Waals surface area (Å²) in [6.07, 6.45) is 3.13. The third kappa shape index (κ3) is 3.07. The first kappa shape index (κ1) is 13.0. The second-order valence-corrected chi connectivity index (χ2v) is 3.66. The van der Waals surface area contributed by atoms with E-state index in [0.29, 0.717) is 5.65 Å². The largest absolute Gasteiger partial charge is 0.364 e. The van der Waals surface area contributed by atoms with Gasteiger partial charge in [0.15, 0.2) is 11.5 Å². The molecule has 2 aromatic heterocycles. The van der Waals surface area contributed by atoms with Gasteiger partial charge >= 0.3 is 0 Å². The maximum Gasteiger partial charge on any atom is 0.182 e. The van der Waals surface area contributed by atoms with E-state index in [1.165, 1.54) is 11.9 Å². The van der Waals surface area contributed by atoms with E-state index < -0.39 is 0 Å². The first-order valence-corrected chi connectivity index (χ1v) is 6.35. The van der Waals surface area contributed by atoms with E-state index in [1.54, 1.807) is 6.33 Å². The topological polar surface area (TPSA) is 66.5 Å². The number of rotatable bonds is 3. The summed E-state index contributed by atoms with van der Waals surface area (Å²) in [5.74, 6) is 0.774. The monoisotopic (exact) mass is 255 g/mol. The summed E-state index contributed by atoms with van der Waals surface area (Å²) in [7, 11) is 0. The van der Waals surface area contributed by atoms with Gasteiger partial charge in [-0.05, 0) is 5.56 Å². The Hall–Kier alpha value is -2.43. The number of benzene rings is 1. The standard InChI is InChI=1S/C12H11N5.C2H6/c1-2-4-9(5-3-1)6-13-11-10-12(15-7-14-10)17-8-16-11;1-2/h1-5,7-8H,6H2,(H2,13,14,15,16,17);1-2H3. The third-order valence-corrected chi connectivity index (χ3v) is 2.53. The zero-order valence-corrected chi connectivity index (χ0v) is 11.1. The molecule has 0 saturated carbocycles. The van der Waals surface area contributed by atoms with Gasteiger partial charge in [0.05, 0.1) is 6.33 Å². The number of fused-ring (bicyclic) bond motifs is 1. The van der Waals surface area contributed by atoms with Crippen LogP contribution in [0, 0.1) is 0 Å². The van der Waals surface area contributed by atoms with Crippen molar-refractivity contribution >= 4 is 17.0 Å². The summed E-state index contributed by atoms with van der Waals surface area (Å²) >= 11 is 0. The minimum Gasteiger partial charge on any atom is -0.364 e. The molecular formula is C14H17N5. The van der Waals surface area contributed by atoms with Crippen molar-refractivity contribution in [3.8, 4) is 0 Å². The summed E-state index contributed by atoms with van der Waals surface area (Å²) in [5, 5.41) is 3.27. The Kier molecular flexibility index (Phi) is 4.44. The molecule has 1 aromatic carbocycles. The van der Waals surface area contributed by atoms with Gasteiger partial charge in [-0.2, -0.15) is 0 Å². The van der Waals surface area contributed by atoms with Gasteiger partial charge in [0.2, 0.25) is 0 Å². The van der Waals surface area contributed by atoms with Crippen LogP contribution in [0.3, 0.4) is 0 Å². The lowest BCUT2D eigenvalue weighted by Gasteiger charge is -2.05. The molecule has 0 radical (unpaired) electrons. The molecule has 0 saturated heterocycles. The number of aromatic nitrogens is 4. The molecule has 0 atom stereocenters. The van der Waals surface area contributed by atoms with Crippen molar-refractivity contribution in [3.05, 3.63) is 48.5 Å². The fourth-order valence-electron chi connectivity index (χ4n) is 1.68. The number of hydrogen-bond donors (Lipinski definition) is 2. The normalized spacial score (nSPS) is 9.79. The van der Waals surface area contributed by atoms with Crippen molar-refractivity contribution in [3.63, 3.8) is 0 Å². The van der Waals surface area contributed by atoms with E-state index in [0.717, 1.165) is 17.9 Å². The predicted molar refractivity (Wildman–Crippen MR) is 76.8 cm³/mol. The lowest BCUT2D eigenvalue weighted by Crippen LogP contribution is -2.02. The Bertz CT molecular complexity index is 618. The van der Waals surface area contributed by atoms with Gasteiger partial charge in [-0.3, -0.25) is 0 Å². The molecule has 5 nitrogen and oxygen atoms in total. The van der Waals surface area contributed by atoms with Gasteiger partial charge in [0.1, 0.15) is 11.8 Å². The van der Waals surface area contributed by atoms with Crippen LogP contribution in [0.2, 0.25) is 0 Å². The third-order valence-electron chi connectivity index (χ3n) is 2.53. The average Bonchev–Trinajstić information content (AvgIpc) is 2.97. The highest BCUT2D eigenvalue weighted by Crippen LogP contribution is 2.15. The van der Waals surface area contributed by atoms with Crippen LogP contribution in [-0.2, 0) is 6.54 Å². The molecule has 0 aliphatic carbocycles. The molecule has 0 spiro atoms. The molecule has 0 amide bonds. The molecule has 19 heavy (non-hydrogen) atoms. The van der Waals surface area contributed by atoms with Crippen LogP contribution >= 0.6 is 0 Å². The summed E-state index contributed by atoms with van der Waals surface area (Å²) < 4.78 is 0. The highest BCUT2D eigenvalue weighted by Gasteiger charge is 2.04. The highest BCUT2D eigenvalue weighted by molar-refractivity contribution is 5.81. The van der Waals surface area contributed by atoms with Crippen molar-refractivity contribution < 1.29 is 0 Å². The number of nitrogens with one attached hydrogen (secondary N) is 2. The molecule has 0 aliphatic rings. The van der Waals surface area contributed by atoms with Crippen LogP contribution in [0.5, 0.6) is 0 Å². The summed E-state index contributed by atoms with van der Waals surface area (Å²) in [5.41, 5.74) is 2.72. The van der Waals surface area contributed by atoms with Crippen molar-refractivity contribution in [2.24, 2.45) is 0 Å². The number of anilines is 1. The van der Waals surface area contributed by atoms with E-state index in [4.69, 9.17) is 0 Å². The molecule has 98 valence electrons. The first-order chi connectivity index (χ1) is 9.43. The van der Waals surface area contributed by atoms with Crippen LogP contribution < -0.4 is 5.32 Å². The van der Waals surface area contributed by atoms with E-state index in [1.807, 2.05) is 32.0 Å². The predicted octanol–water partition coefficient (Wildman–Crippen LogP) is 2.99. The average molecular weight is 255 g/mol. The van der Waals surface area contributed by atoms with Crippen LogP contribution in [-0.4, -0.2) is 19.9 Å². The lowest BCUT2D eigenvalue weighted by molar-refractivity contribution is 1.10. The van der Waals surface area contributed by atoms with E-state index in [9.17, 15) is 0 Å². The van der Waals surface area contributed by atoms with Crippen molar-refractivity contribution in [2.75, 3.05) is 5.32 Å². The fraction of sp³-hybridized carbons (Fsp3) is 0.214. The number of nitrogens with zero attached hydrogens (tertiary/aromatic N) is 3. The van der Waals surface area contributed by atoms with Crippen molar-refractivity contribution in [1.82, 2.24) is 19.9 Å². The molecular weight excluding hydrogens is 238 g/mol.